The topological polar surface area (TPSA) is 71.5 Å². The van der Waals surface area contributed by atoms with Crippen LogP contribution in [0.4, 0.5) is 5.69 Å². The Morgan fingerprint density at radius 2 is 2.05 bits per heavy atom. The summed E-state index contributed by atoms with van der Waals surface area (Å²) in [6, 6.07) is 8.82. The number of aryl methyl sites for hydroxylation is 1. The van der Waals surface area contributed by atoms with Crippen molar-refractivity contribution in [3.63, 3.8) is 0 Å². The third-order valence-electron chi connectivity index (χ3n) is 2.90. The molecule has 0 aliphatic heterocycles. The quantitative estimate of drug-likeness (QED) is 0.766. The van der Waals surface area contributed by atoms with Gasteiger partial charge in [0.05, 0.1) is 12.2 Å². The Bertz CT molecular complexity index is 600. The van der Waals surface area contributed by atoms with Gasteiger partial charge in [0.25, 0.3) is 0 Å². The van der Waals surface area contributed by atoms with Crippen LogP contribution in [0.1, 0.15) is 22.3 Å². The van der Waals surface area contributed by atoms with Gasteiger partial charge in [-0.25, -0.2) is 4.79 Å². The number of pyridine rings is 1. The van der Waals surface area contributed by atoms with E-state index in [2.05, 4.69) is 10.3 Å². The lowest BCUT2D eigenvalue weighted by Gasteiger charge is -2.09. The molecule has 0 bridgehead atoms. The molecule has 1 heterocycles. The van der Waals surface area contributed by atoms with E-state index in [0.717, 1.165) is 24.2 Å². The number of aromatic carboxylic acids is 1. The summed E-state index contributed by atoms with van der Waals surface area (Å²) in [5.41, 5.74) is 2.15. The Kier molecular flexibility index (Phi) is 5.15. The monoisotopic (exact) mass is 286 g/mol. The van der Waals surface area contributed by atoms with Gasteiger partial charge in [-0.1, -0.05) is 0 Å². The molecule has 2 aromatic rings. The van der Waals surface area contributed by atoms with Crippen LogP contribution in [0.15, 0.2) is 42.7 Å². The van der Waals surface area contributed by atoms with Crippen molar-refractivity contribution in [2.75, 3.05) is 18.5 Å². The summed E-state index contributed by atoms with van der Waals surface area (Å²) in [4.78, 5) is 14.9. The van der Waals surface area contributed by atoms with Crippen molar-refractivity contribution in [1.29, 1.82) is 0 Å². The second kappa shape index (κ2) is 7.28. The van der Waals surface area contributed by atoms with E-state index < -0.39 is 5.97 Å². The molecule has 21 heavy (non-hydrogen) atoms. The Labute approximate surface area is 123 Å². The Balaban J connectivity index is 1.77. The first kappa shape index (κ1) is 14.8. The van der Waals surface area contributed by atoms with Crippen LogP contribution in [0, 0.1) is 6.92 Å². The number of anilines is 1. The lowest BCUT2D eigenvalue weighted by Crippen LogP contribution is -2.08. The van der Waals surface area contributed by atoms with Crippen LogP contribution in [-0.4, -0.2) is 29.2 Å². The van der Waals surface area contributed by atoms with Crippen LogP contribution < -0.4 is 10.1 Å². The molecule has 0 radical (unpaired) electrons. The average Bonchev–Trinajstić information content (AvgIpc) is 2.47. The van der Waals surface area contributed by atoms with Crippen molar-refractivity contribution in [2.24, 2.45) is 0 Å². The highest BCUT2D eigenvalue weighted by Gasteiger charge is 2.05. The first-order valence-corrected chi connectivity index (χ1v) is 6.77. The fourth-order valence-electron chi connectivity index (χ4n) is 1.92. The summed E-state index contributed by atoms with van der Waals surface area (Å²) in [5, 5.41) is 12.3. The maximum atomic E-state index is 11.0. The summed E-state index contributed by atoms with van der Waals surface area (Å²) in [5.74, 6) is -0.348. The van der Waals surface area contributed by atoms with Gasteiger partial charge in [0, 0.05) is 24.6 Å². The third kappa shape index (κ3) is 4.80. The number of carboxylic acids is 1. The van der Waals surface area contributed by atoms with Crippen LogP contribution in [0.3, 0.4) is 0 Å². The first-order chi connectivity index (χ1) is 10.1. The largest absolute Gasteiger partial charge is 0.493 e. The minimum Gasteiger partial charge on any atom is -0.493 e. The van der Waals surface area contributed by atoms with Crippen molar-refractivity contribution in [3.8, 4) is 5.75 Å². The van der Waals surface area contributed by atoms with Gasteiger partial charge in [-0.15, -0.1) is 0 Å². The fourth-order valence-corrected chi connectivity index (χ4v) is 1.92. The number of nitrogens with zero attached hydrogens (tertiary/aromatic N) is 1. The van der Waals surface area contributed by atoms with Crippen LogP contribution >= 0.6 is 0 Å². The van der Waals surface area contributed by atoms with E-state index in [9.17, 15) is 4.79 Å². The Morgan fingerprint density at radius 3 is 2.76 bits per heavy atom. The molecule has 0 spiro atoms. The number of carbonyl (C=O) groups is 1. The Morgan fingerprint density at radius 1 is 1.29 bits per heavy atom. The SMILES string of the molecule is Cc1cc(OCCCNc2ccncc2)cc(C(=O)O)c1. The van der Waals surface area contributed by atoms with Gasteiger partial charge in [0.15, 0.2) is 0 Å². The second-order valence-electron chi connectivity index (χ2n) is 4.70. The minimum atomic E-state index is -0.942. The summed E-state index contributed by atoms with van der Waals surface area (Å²) < 4.78 is 5.60. The molecule has 5 heteroatoms. The van der Waals surface area contributed by atoms with E-state index in [-0.39, 0.29) is 5.56 Å². The van der Waals surface area contributed by atoms with Crippen molar-refractivity contribution in [3.05, 3.63) is 53.9 Å². The molecule has 2 rings (SSSR count). The summed E-state index contributed by atoms with van der Waals surface area (Å²) in [6.45, 7) is 3.16. The zero-order valence-corrected chi connectivity index (χ0v) is 11.9. The molecule has 0 aliphatic rings. The summed E-state index contributed by atoms with van der Waals surface area (Å²) >= 11 is 0. The molecule has 2 N–H and O–H groups in total. The molecule has 1 aromatic heterocycles. The van der Waals surface area contributed by atoms with Gasteiger partial charge in [0.1, 0.15) is 5.75 Å². The summed E-state index contributed by atoms with van der Waals surface area (Å²) in [7, 11) is 0. The molecule has 0 saturated heterocycles. The standard InChI is InChI=1S/C16H18N2O3/c1-12-9-13(16(19)20)11-15(10-12)21-8-2-5-18-14-3-6-17-7-4-14/h3-4,6-7,9-11H,2,5,8H2,1H3,(H,17,18)(H,19,20). The zero-order chi connectivity index (χ0) is 15.1. The molecule has 0 fully saturated rings. The van der Waals surface area contributed by atoms with Gasteiger partial charge < -0.3 is 15.2 Å². The number of hydrogen-bond acceptors (Lipinski definition) is 4. The predicted molar refractivity (Wildman–Crippen MR) is 81.0 cm³/mol. The first-order valence-electron chi connectivity index (χ1n) is 6.77. The average molecular weight is 286 g/mol. The predicted octanol–water partition coefficient (Wildman–Crippen LogP) is 2.97. The zero-order valence-electron chi connectivity index (χ0n) is 11.9. The molecule has 0 aliphatic carbocycles. The van der Waals surface area contributed by atoms with E-state index >= 15 is 0 Å². The lowest BCUT2D eigenvalue weighted by atomic mass is 10.1. The molecule has 1 aromatic carbocycles. The molecular formula is C16H18N2O3. The van der Waals surface area contributed by atoms with Gasteiger partial charge >= 0.3 is 5.97 Å². The summed E-state index contributed by atoms with van der Waals surface area (Å²) in [6.07, 6.45) is 4.29. The lowest BCUT2D eigenvalue weighted by molar-refractivity contribution is 0.0696. The van der Waals surface area contributed by atoms with E-state index in [4.69, 9.17) is 9.84 Å². The van der Waals surface area contributed by atoms with Crippen molar-refractivity contribution in [2.45, 2.75) is 13.3 Å². The van der Waals surface area contributed by atoms with Gasteiger partial charge in [-0.2, -0.15) is 0 Å². The maximum Gasteiger partial charge on any atom is 0.335 e. The van der Waals surface area contributed by atoms with Gasteiger partial charge in [-0.05, 0) is 49.2 Å². The molecule has 0 amide bonds. The fraction of sp³-hybridized carbons (Fsp3) is 0.250. The van der Waals surface area contributed by atoms with Gasteiger partial charge in [-0.3, -0.25) is 4.98 Å². The highest BCUT2D eigenvalue weighted by atomic mass is 16.5. The highest BCUT2D eigenvalue weighted by molar-refractivity contribution is 5.88. The third-order valence-corrected chi connectivity index (χ3v) is 2.90. The van der Waals surface area contributed by atoms with Crippen LogP contribution in [0.2, 0.25) is 0 Å². The van der Waals surface area contributed by atoms with Crippen LogP contribution in [-0.2, 0) is 0 Å². The number of aromatic nitrogens is 1. The molecule has 0 unspecified atom stereocenters. The van der Waals surface area contributed by atoms with E-state index in [1.54, 1.807) is 24.5 Å². The van der Waals surface area contributed by atoms with Crippen LogP contribution in [0.5, 0.6) is 5.75 Å². The van der Waals surface area contributed by atoms with Crippen LogP contribution in [0.25, 0.3) is 0 Å². The van der Waals surface area contributed by atoms with Crippen molar-refractivity contribution >= 4 is 11.7 Å². The normalized spacial score (nSPS) is 10.1. The number of rotatable bonds is 7. The van der Waals surface area contributed by atoms with E-state index in [1.807, 2.05) is 25.1 Å². The molecule has 5 nitrogen and oxygen atoms in total. The minimum absolute atomic E-state index is 0.250. The number of ether oxygens (including phenoxy) is 1. The molecular weight excluding hydrogens is 268 g/mol. The number of hydrogen-bond donors (Lipinski definition) is 2. The number of carboxylic acid groups (broad SMARTS) is 1. The Hall–Kier alpha value is -2.56. The van der Waals surface area contributed by atoms with Gasteiger partial charge in [0.2, 0.25) is 0 Å². The number of benzene rings is 1. The van der Waals surface area contributed by atoms with E-state index in [1.165, 1.54) is 0 Å². The van der Waals surface area contributed by atoms with Crippen molar-refractivity contribution < 1.29 is 14.6 Å². The maximum absolute atomic E-state index is 11.0. The molecule has 0 saturated carbocycles. The highest BCUT2D eigenvalue weighted by Crippen LogP contribution is 2.17. The molecule has 0 atom stereocenters. The molecule has 110 valence electrons. The second-order valence-corrected chi connectivity index (χ2v) is 4.70. The van der Waals surface area contributed by atoms with E-state index in [0.29, 0.717) is 12.4 Å². The smallest absolute Gasteiger partial charge is 0.335 e. The number of nitrogens with one attached hydrogen (secondary N) is 1. The van der Waals surface area contributed by atoms with Crippen molar-refractivity contribution in [1.82, 2.24) is 4.98 Å².